The molecule has 0 amide bonds. The van der Waals surface area contributed by atoms with E-state index >= 15 is 0 Å². The summed E-state index contributed by atoms with van der Waals surface area (Å²) in [5.41, 5.74) is 2.49. The third kappa shape index (κ3) is 4.70. The average Bonchev–Trinajstić information content (AvgIpc) is 2.97. The number of hydrogen-bond acceptors (Lipinski definition) is 6. The Morgan fingerprint density at radius 2 is 1.93 bits per heavy atom. The van der Waals surface area contributed by atoms with E-state index < -0.39 is 9.84 Å². The minimum atomic E-state index is -3.32. The van der Waals surface area contributed by atoms with E-state index in [2.05, 4.69) is 4.98 Å². The van der Waals surface area contributed by atoms with Crippen LogP contribution >= 0.6 is 11.8 Å². The van der Waals surface area contributed by atoms with Crippen LogP contribution in [0.5, 0.6) is 0 Å². The van der Waals surface area contributed by atoms with Gasteiger partial charge in [0.05, 0.1) is 34.8 Å². The number of rotatable bonds is 7. The van der Waals surface area contributed by atoms with Crippen molar-refractivity contribution in [3.8, 4) is 0 Å². The van der Waals surface area contributed by atoms with Gasteiger partial charge in [-0.2, -0.15) is 0 Å². The highest BCUT2D eigenvalue weighted by molar-refractivity contribution is 7.99. The summed E-state index contributed by atoms with van der Waals surface area (Å²) in [6.45, 7) is 2.66. The summed E-state index contributed by atoms with van der Waals surface area (Å²) in [5, 5.41) is 0.646. The summed E-state index contributed by atoms with van der Waals surface area (Å²) >= 11 is 1.28. The summed E-state index contributed by atoms with van der Waals surface area (Å²) in [7, 11) is -3.32. The van der Waals surface area contributed by atoms with Crippen LogP contribution in [0.4, 0.5) is 0 Å². The Balaban J connectivity index is 2.01. The van der Waals surface area contributed by atoms with E-state index in [9.17, 15) is 13.2 Å². The summed E-state index contributed by atoms with van der Waals surface area (Å²) in [4.78, 5) is 16.5. The number of benzene rings is 2. The number of nitrogens with zero attached hydrogens (tertiary/aromatic N) is 2. The van der Waals surface area contributed by atoms with E-state index in [1.165, 1.54) is 18.0 Å². The van der Waals surface area contributed by atoms with Gasteiger partial charge in [0.15, 0.2) is 15.0 Å². The van der Waals surface area contributed by atoms with Gasteiger partial charge in [0.1, 0.15) is 0 Å². The summed E-state index contributed by atoms with van der Waals surface area (Å²) in [5.74, 6) is -0.164. The van der Waals surface area contributed by atoms with Crippen LogP contribution in [-0.4, -0.2) is 42.6 Å². The number of fused-ring (bicyclic) bond motifs is 1. The maximum Gasteiger partial charge on any atom is 0.316 e. The third-order valence-electron chi connectivity index (χ3n) is 3.92. The second-order valence-corrected chi connectivity index (χ2v) is 8.94. The van der Waals surface area contributed by atoms with Crippen molar-refractivity contribution in [3.63, 3.8) is 0 Å². The van der Waals surface area contributed by atoms with Crippen molar-refractivity contribution >= 4 is 38.6 Å². The van der Waals surface area contributed by atoms with Gasteiger partial charge in [-0.1, -0.05) is 42.1 Å². The maximum atomic E-state index is 11.8. The number of carbonyl (C=O) groups excluding carboxylic acids is 1. The summed E-state index contributed by atoms with van der Waals surface area (Å²) in [6, 6.07) is 14.8. The second kappa shape index (κ2) is 8.14. The van der Waals surface area contributed by atoms with Crippen molar-refractivity contribution in [3.05, 3.63) is 54.1 Å². The molecule has 3 rings (SSSR count). The number of sulfone groups is 1. The molecule has 0 saturated carbocycles. The number of aromatic nitrogens is 2. The molecule has 27 heavy (non-hydrogen) atoms. The molecule has 0 aliphatic rings. The molecular weight excluding hydrogens is 384 g/mol. The number of esters is 1. The van der Waals surface area contributed by atoms with Crippen LogP contribution in [0.2, 0.25) is 0 Å². The molecule has 0 aliphatic carbocycles. The monoisotopic (exact) mass is 404 g/mol. The molecule has 1 aromatic heterocycles. The zero-order valence-corrected chi connectivity index (χ0v) is 16.7. The number of carbonyl (C=O) groups is 1. The fourth-order valence-corrected chi connectivity index (χ4v) is 4.13. The molecule has 0 saturated heterocycles. The SMILES string of the molecule is CCOC(=O)CSc1nc2cc(S(C)(=O)=O)ccc2n1Cc1ccccc1. The molecule has 8 heteroatoms. The first-order valence-corrected chi connectivity index (χ1v) is 11.3. The first kappa shape index (κ1) is 19.4. The molecule has 3 aromatic rings. The molecule has 0 spiro atoms. The first-order valence-electron chi connectivity index (χ1n) is 8.41. The van der Waals surface area contributed by atoms with E-state index in [4.69, 9.17) is 4.74 Å². The van der Waals surface area contributed by atoms with Crippen molar-refractivity contribution in [2.24, 2.45) is 0 Å². The zero-order chi connectivity index (χ0) is 19.4. The second-order valence-electron chi connectivity index (χ2n) is 5.98. The average molecular weight is 405 g/mol. The third-order valence-corrected chi connectivity index (χ3v) is 5.98. The molecule has 1 heterocycles. The fourth-order valence-electron chi connectivity index (χ4n) is 2.67. The summed E-state index contributed by atoms with van der Waals surface area (Å²) in [6.07, 6.45) is 1.17. The Morgan fingerprint density at radius 3 is 2.59 bits per heavy atom. The van der Waals surface area contributed by atoms with Gasteiger partial charge in [-0.25, -0.2) is 13.4 Å². The minimum absolute atomic E-state index is 0.144. The molecule has 6 nitrogen and oxygen atoms in total. The normalized spacial score (nSPS) is 11.6. The van der Waals surface area contributed by atoms with E-state index in [1.807, 2.05) is 34.9 Å². The van der Waals surface area contributed by atoms with Crippen LogP contribution < -0.4 is 0 Å². The number of hydrogen-bond donors (Lipinski definition) is 0. The quantitative estimate of drug-likeness (QED) is 0.445. The van der Waals surface area contributed by atoms with Crippen LogP contribution in [0.25, 0.3) is 11.0 Å². The van der Waals surface area contributed by atoms with Crippen molar-refractivity contribution in [2.75, 3.05) is 18.6 Å². The van der Waals surface area contributed by atoms with E-state index in [0.717, 1.165) is 11.1 Å². The van der Waals surface area contributed by atoms with Crippen molar-refractivity contribution in [2.45, 2.75) is 23.5 Å². The van der Waals surface area contributed by atoms with Gasteiger partial charge in [-0.3, -0.25) is 4.79 Å². The lowest BCUT2D eigenvalue weighted by atomic mass is 10.2. The molecule has 0 atom stereocenters. The van der Waals surface area contributed by atoms with Gasteiger partial charge in [0.2, 0.25) is 0 Å². The lowest BCUT2D eigenvalue weighted by molar-refractivity contribution is -0.139. The minimum Gasteiger partial charge on any atom is -0.465 e. The Bertz CT molecular complexity index is 1060. The van der Waals surface area contributed by atoms with Crippen molar-refractivity contribution in [1.82, 2.24) is 9.55 Å². The van der Waals surface area contributed by atoms with Gasteiger partial charge < -0.3 is 9.30 Å². The molecule has 0 aliphatic heterocycles. The Kier molecular flexibility index (Phi) is 5.86. The van der Waals surface area contributed by atoms with Crippen molar-refractivity contribution in [1.29, 1.82) is 0 Å². The smallest absolute Gasteiger partial charge is 0.316 e. The van der Waals surface area contributed by atoms with Crippen molar-refractivity contribution < 1.29 is 17.9 Å². The number of thioether (sulfide) groups is 1. The first-order chi connectivity index (χ1) is 12.9. The Labute approximate surface area is 162 Å². The lowest BCUT2D eigenvalue weighted by Gasteiger charge is -2.09. The van der Waals surface area contributed by atoms with Crippen LogP contribution in [-0.2, 0) is 25.9 Å². The van der Waals surface area contributed by atoms with Gasteiger partial charge in [-0.05, 0) is 30.7 Å². The van der Waals surface area contributed by atoms with Crippen LogP contribution in [0.1, 0.15) is 12.5 Å². The maximum absolute atomic E-state index is 11.8. The highest BCUT2D eigenvalue weighted by atomic mass is 32.2. The Hall–Kier alpha value is -2.32. The highest BCUT2D eigenvalue weighted by Gasteiger charge is 2.16. The van der Waals surface area contributed by atoms with Crippen LogP contribution in [0.3, 0.4) is 0 Å². The molecule has 0 unspecified atom stereocenters. The van der Waals surface area contributed by atoms with Crippen LogP contribution in [0.15, 0.2) is 58.6 Å². The molecular formula is C19H20N2O4S2. The zero-order valence-electron chi connectivity index (χ0n) is 15.1. The standard InChI is InChI=1S/C19H20N2O4S2/c1-3-25-18(22)13-26-19-20-16-11-15(27(2,23)24)9-10-17(16)21(19)12-14-7-5-4-6-8-14/h4-11H,3,12-13H2,1-2H3. The largest absolute Gasteiger partial charge is 0.465 e. The van der Waals surface area contributed by atoms with E-state index in [-0.39, 0.29) is 16.6 Å². The summed E-state index contributed by atoms with van der Waals surface area (Å²) < 4.78 is 30.7. The van der Waals surface area contributed by atoms with Gasteiger partial charge in [0.25, 0.3) is 0 Å². The molecule has 142 valence electrons. The lowest BCUT2D eigenvalue weighted by Crippen LogP contribution is -2.08. The molecule has 2 aromatic carbocycles. The van der Waals surface area contributed by atoms with Gasteiger partial charge >= 0.3 is 5.97 Å². The fraction of sp³-hybridized carbons (Fsp3) is 0.263. The number of imidazole rings is 1. The predicted molar refractivity (Wildman–Crippen MR) is 106 cm³/mol. The molecule has 0 radical (unpaired) electrons. The number of ether oxygens (including phenoxy) is 1. The molecule has 0 bridgehead atoms. The molecule has 0 fully saturated rings. The van der Waals surface area contributed by atoms with E-state index in [0.29, 0.717) is 23.8 Å². The molecule has 0 N–H and O–H groups in total. The van der Waals surface area contributed by atoms with E-state index in [1.54, 1.807) is 25.1 Å². The van der Waals surface area contributed by atoms with Crippen LogP contribution in [0, 0.1) is 0 Å². The van der Waals surface area contributed by atoms with Gasteiger partial charge in [-0.15, -0.1) is 0 Å². The Morgan fingerprint density at radius 1 is 1.19 bits per heavy atom. The van der Waals surface area contributed by atoms with Gasteiger partial charge in [0, 0.05) is 6.26 Å². The predicted octanol–water partition coefficient (Wildman–Crippen LogP) is 3.14. The highest BCUT2D eigenvalue weighted by Crippen LogP contribution is 2.27. The topological polar surface area (TPSA) is 78.3 Å².